The van der Waals surface area contributed by atoms with Gasteiger partial charge in [0.25, 0.3) is 5.91 Å². The molecule has 25 heavy (non-hydrogen) atoms. The number of carbonyl (C=O) groups is 1. The van der Waals surface area contributed by atoms with Crippen LogP contribution in [0.4, 0.5) is 0 Å². The molecule has 3 aromatic rings. The van der Waals surface area contributed by atoms with Crippen LogP contribution in [0.2, 0.25) is 0 Å². The first kappa shape index (κ1) is 17.0. The van der Waals surface area contributed by atoms with Crippen LogP contribution < -0.4 is 5.32 Å². The molecule has 0 saturated heterocycles. The lowest BCUT2D eigenvalue weighted by molar-refractivity contribution is 0.0940. The fourth-order valence-electron chi connectivity index (χ4n) is 2.65. The molecule has 0 aliphatic heterocycles. The van der Waals surface area contributed by atoms with Gasteiger partial charge in [0.2, 0.25) is 0 Å². The standard InChI is InChI=1S/C21H23N3O/c1-3-16(2)22-21(25)19-15-24(14-17-10-6-4-7-11-17)23-20(19)18-12-8-5-9-13-18/h4-13,15-16H,3,14H2,1-2H3,(H,22,25). The molecular formula is C21H23N3O. The van der Waals surface area contributed by atoms with E-state index >= 15 is 0 Å². The van der Waals surface area contributed by atoms with E-state index in [-0.39, 0.29) is 11.9 Å². The number of rotatable bonds is 6. The third-order valence-corrected chi connectivity index (χ3v) is 4.23. The van der Waals surface area contributed by atoms with Crippen molar-refractivity contribution in [2.24, 2.45) is 0 Å². The minimum absolute atomic E-state index is 0.0764. The number of aromatic nitrogens is 2. The highest BCUT2D eigenvalue weighted by Crippen LogP contribution is 2.22. The van der Waals surface area contributed by atoms with Gasteiger partial charge in [-0.15, -0.1) is 0 Å². The van der Waals surface area contributed by atoms with E-state index in [0.29, 0.717) is 12.1 Å². The van der Waals surface area contributed by atoms with Crippen LogP contribution in [0.15, 0.2) is 66.9 Å². The van der Waals surface area contributed by atoms with Crippen LogP contribution in [0, 0.1) is 0 Å². The summed E-state index contributed by atoms with van der Waals surface area (Å²) in [6.07, 6.45) is 2.73. The summed E-state index contributed by atoms with van der Waals surface area (Å²) in [5, 5.41) is 7.73. The number of benzene rings is 2. The van der Waals surface area contributed by atoms with Gasteiger partial charge in [-0.25, -0.2) is 0 Å². The highest BCUT2D eigenvalue weighted by molar-refractivity contribution is 5.99. The van der Waals surface area contributed by atoms with Crippen molar-refractivity contribution in [2.75, 3.05) is 0 Å². The van der Waals surface area contributed by atoms with Crippen LogP contribution in [-0.2, 0) is 6.54 Å². The molecule has 1 aromatic heterocycles. The third kappa shape index (κ3) is 4.15. The van der Waals surface area contributed by atoms with Gasteiger partial charge in [0.05, 0.1) is 12.1 Å². The van der Waals surface area contributed by atoms with Gasteiger partial charge < -0.3 is 5.32 Å². The summed E-state index contributed by atoms with van der Waals surface area (Å²) < 4.78 is 1.84. The first-order chi connectivity index (χ1) is 12.2. The van der Waals surface area contributed by atoms with Gasteiger partial charge in [-0.05, 0) is 18.9 Å². The third-order valence-electron chi connectivity index (χ3n) is 4.23. The number of carbonyl (C=O) groups excluding carboxylic acids is 1. The molecule has 1 unspecified atom stereocenters. The van der Waals surface area contributed by atoms with Gasteiger partial charge >= 0.3 is 0 Å². The monoisotopic (exact) mass is 333 g/mol. The minimum atomic E-state index is -0.0764. The van der Waals surface area contributed by atoms with Gasteiger partial charge in [-0.1, -0.05) is 67.6 Å². The van der Waals surface area contributed by atoms with E-state index < -0.39 is 0 Å². The molecule has 1 heterocycles. The minimum Gasteiger partial charge on any atom is -0.349 e. The molecule has 0 spiro atoms. The molecule has 4 heteroatoms. The molecule has 128 valence electrons. The van der Waals surface area contributed by atoms with E-state index in [2.05, 4.69) is 29.5 Å². The van der Waals surface area contributed by atoms with Crippen LogP contribution in [-0.4, -0.2) is 21.7 Å². The number of hydrogen-bond acceptors (Lipinski definition) is 2. The maximum absolute atomic E-state index is 12.7. The van der Waals surface area contributed by atoms with E-state index in [4.69, 9.17) is 0 Å². The molecule has 0 aliphatic rings. The summed E-state index contributed by atoms with van der Waals surface area (Å²) in [7, 11) is 0. The van der Waals surface area contributed by atoms with Crippen molar-refractivity contribution in [1.29, 1.82) is 0 Å². The van der Waals surface area contributed by atoms with E-state index in [0.717, 1.165) is 23.2 Å². The largest absolute Gasteiger partial charge is 0.349 e. The zero-order valence-electron chi connectivity index (χ0n) is 14.6. The molecule has 4 nitrogen and oxygen atoms in total. The average molecular weight is 333 g/mol. The van der Waals surface area contributed by atoms with Crippen molar-refractivity contribution in [3.8, 4) is 11.3 Å². The number of nitrogens with one attached hydrogen (secondary N) is 1. The van der Waals surface area contributed by atoms with Gasteiger partial charge in [-0.3, -0.25) is 9.48 Å². The molecule has 0 aliphatic carbocycles. The Bertz CT molecular complexity index is 825. The number of amides is 1. The molecule has 0 fully saturated rings. The predicted octanol–water partition coefficient (Wildman–Crippen LogP) is 4.13. The second kappa shape index (κ2) is 7.79. The second-order valence-electron chi connectivity index (χ2n) is 6.22. The first-order valence-electron chi connectivity index (χ1n) is 8.65. The van der Waals surface area contributed by atoms with Crippen LogP contribution >= 0.6 is 0 Å². The fraction of sp³-hybridized carbons (Fsp3) is 0.238. The molecule has 1 N–H and O–H groups in total. The predicted molar refractivity (Wildman–Crippen MR) is 100 cm³/mol. The molecule has 0 radical (unpaired) electrons. The lowest BCUT2D eigenvalue weighted by Gasteiger charge is -2.11. The first-order valence-corrected chi connectivity index (χ1v) is 8.65. The Morgan fingerprint density at radius 3 is 2.36 bits per heavy atom. The van der Waals surface area contributed by atoms with Gasteiger partial charge in [-0.2, -0.15) is 5.10 Å². The Hall–Kier alpha value is -2.88. The van der Waals surface area contributed by atoms with Crippen LogP contribution in [0.3, 0.4) is 0 Å². The molecule has 2 aromatic carbocycles. The Kier molecular flexibility index (Phi) is 5.29. The maximum Gasteiger partial charge on any atom is 0.255 e. The van der Waals surface area contributed by atoms with E-state index in [9.17, 15) is 4.79 Å². The second-order valence-corrected chi connectivity index (χ2v) is 6.22. The van der Waals surface area contributed by atoms with Crippen LogP contribution in [0.5, 0.6) is 0 Å². The highest BCUT2D eigenvalue weighted by Gasteiger charge is 2.19. The summed E-state index contributed by atoms with van der Waals surface area (Å²) in [5.41, 5.74) is 3.43. The smallest absolute Gasteiger partial charge is 0.255 e. The zero-order valence-corrected chi connectivity index (χ0v) is 14.6. The van der Waals surface area contributed by atoms with Gasteiger partial charge in [0.1, 0.15) is 5.69 Å². The zero-order chi connectivity index (χ0) is 17.6. The Balaban J connectivity index is 1.95. The van der Waals surface area contributed by atoms with Crippen molar-refractivity contribution in [1.82, 2.24) is 15.1 Å². The molecule has 1 atom stereocenters. The number of nitrogens with zero attached hydrogens (tertiary/aromatic N) is 2. The van der Waals surface area contributed by atoms with Crippen molar-refractivity contribution >= 4 is 5.91 Å². The van der Waals surface area contributed by atoms with Gasteiger partial charge in [0.15, 0.2) is 0 Å². The Morgan fingerprint density at radius 2 is 1.72 bits per heavy atom. The van der Waals surface area contributed by atoms with Crippen molar-refractivity contribution in [2.45, 2.75) is 32.9 Å². The molecule has 0 saturated carbocycles. The van der Waals surface area contributed by atoms with E-state index in [1.165, 1.54) is 0 Å². The van der Waals surface area contributed by atoms with Crippen molar-refractivity contribution < 1.29 is 4.79 Å². The summed E-state index contributed by atoms with van der Waals surface area (Å²) in [6.45, 7) is 4.70. The SMILES string of the molecule is CCC(C)NC(=O)c1cn(Cc2ccccc2)nc1-c1ccccc1. The molecular weight excluding hydrogens is 310 g/mol. The Labute approximate surface area is 148 Å². The van der Waals surface area contributed by atoms with Crippen LogP contribution in [0.25, 0.3) is 11.3 Å². The summed E-state index contributed by atoms with van der Waals surface area (Å²) in [5.74, 6) is -0.0764. The lowest BCUT2D eigenvalue weighted by Crippen LogP contribution is -2.32. The normalized spacial score (nSPS) is 11.9. The van der Waals surface area contributed by atoms with Crippen molar-refractivity contribution in [3.63, 3.8) is 0 Å². The molecule has 0 bridgehead atoms. The summed E-state index contributed by atoms with van der Waals surface area (Å²) in [6, 6.07) is 20.1. The quantitative estimate of drug-likeness (QED) is 0.737. The molecule has 1 amide bonds. The molecule has 3 rings (SSSR count). The van der Waals surface area contributed by atoms with Gasteiger partial charge in [0, 0.05) is 17.8 Å². The topological polar surface area (TPSA) is 46.9 Å². The van der Waals surface area contributed by atoms with E-state index in [1.807, 2.05) is 66.3 Å². The lowest BCUT2D eigenvalue weighted by atomic mass is 10.1. The average Bonchev–Trinajstić information content (AvgIpc) is 3.07. The van der Waals surface area contributed by atoms with Crippen molar-refractivity contribution in [3.05, 3.63) is 78.0 Å². The Morgan fingerprint density at radius 1 is 1.08 bits per heavy atom. The summed E-state index contributed by atoms with van der Waals surface area (Å²) >= 11 is 0. The fourth-order valence-corrected chi connectivity index (χ4v) is 2.65. The highest BCUT2D eigenvalue weighted by atomic mass is 16.1. The van der Waals surface area contributed by atoms with Crippen LogP contribution in [0.1, 0.15) is 36.2 Å². The summed E-state index contributed by atoms with van der Waals surface area (Å²) in [4.78, 5) is 12.7. The maximum atomic E-state index is 12.7. The number of hydrogen-bond donors (Lipinski definition) is 1. The van der Waals surface area contributed by atoms with E-state index in [1.54, 1.807) is 0 Å².